The molecule has 0 spiro atoms. The van der Waals surface area contributed by atoms with Crippen LogP contribution in [0.1, 0.15) is 59.3 Å². The zero-order valence-corrected chi connectivity index (χ0v) is 9.88. The average Bonchev–Trinajstić information content (AvgIpc) is 2.01. The lowest BCUT2D eigenvalue weighted by atomic mass is 9.79. The number of carbonyl (C=O) groups excluding carboxylic acids is 1. The molecule has 0 N–H and O–H groups in total. The summed E-state index contributed by atoms with van der Waals surface area (Å²) in [6.45, 7) is 6.57. The van der Waals surface area contributed by atoms with Crippen molar-refractivity contribution in [1.82, 2.24) is 0 Å². The standard InChI is InChI=1S/C13H24O/c1-10(2)7-13(14)9-12-6-4-5-11(3)8-12/h10-12H,4-9H2,1-3H3. The second-order valence-electron chi connectivity index (χ2n) is 5.48. The Morgan fingerprint density at radius 2 is 2.07 bits per heavy atom. The van der Waals surface area contributed by atoms with Gasteiger partial charge in [0.05, 0.1) is 0 Å². The Morgan fingerprint density at radius 3 is 2.64 bits per heavy atom. The monoisotopic (exact) mass is 196 g/mol. The van der Waals surface area contributed by atoms with Crippen molar-refractivity contribution in [3.05, 3.63) is 0 Å². The normalized spacial score (nSPS) is 28.0. The summed E-state index contributed by atoms with van der Waals surface area (Å²) in [5.74, 6) is 2.56. The summed E-state index contributed by atoms with van der Waals surface area (Å²) in [5, 5.41) is 0. The van der Waals surface area contributed by atoms with E-state index in [9.17, 15) is 4.79 Å². The molecule has 0 amide bonds. The first-order valence-electron chi connectivity index (χ1n) is 6.09. The molecule has 1 rings (SSSR count). The van der Waals surface area contributed by atoms with Crippen molar-refractivity contribution in [3.63, 3.8) is 0 Å². The molecule has 2 unspecified atom stereocenters. The third-order valence-electron chi connectivity index (χ3n) is 3.20. The fourth-order valence-electron chi connectivity index (χ4n) is 2.61. The molecule has 0 aromatic heterocycles. The van der Waals surface area contributed by atoms with Gasteiger partial charge in [-0.25, -0.2) is 0 Å². The van der Waals surface area contributed by atoms with E-state index in [1.807, 2.05) is 0 Å². The molecule has 0 saturated heterocycles. The Kier molecular flexibility index (Phi) is 4.64. The number of carbonyl (C=O) groups is 1. The highest BCUT2D eigenvalue weighted by atomic mass is 16.1. The van der Waals surface area contributed by atoms with Crippen LogP contribution in [0.3, 0.4) is 0 Å². The second-order valence-corrected chi connectivity index (χ2v) is 5.48. The minimum Gasteiger partial charge on any atom is -0.300 e. The predicted molar refractivity (Wildman–Crippen MR) is 60.2 cm³/mol. The van der Waals surface area contributed by atoms with Gasteiger partial charge in [0.25, 0.3) is 0 Å². The Morgan fingerprint density at radius 1 is 1.36 bits per heavy atom. The fourth-order valence-corrected chi connectivity index (χ4v) is 2.61. The molecule has 0 aromatic rings. The maximum atomic E-state index is 11.6. The number of rotatable bonds is 4. The largest absolute Gasteiger partial charge is 0.300 e. The molecule has 1 fully saturated rings. The lowest BCUT2D eigenvalue weighted by Gasteiger charge is -2.26. The molecule has 1 nitrogen and oxygen atoms in total. The van der Waals surface area contributed by atoms with Crippen LogP contribution in [0, 0.1) is 17.8 Å². The zero-order valence-electron chi connectivity index (χ0n) is 9.88. The van der Waals surface area contributed by atoms with Crippen LogP contribution in [0.4, 0.5) is 0 Å². The topological polar surface area (TPSA) is 17.1 Å². The maximum Gasteiger partial charge on any atom is 0.133 e. The van der Waals surface area contributed by atoms with E-state index in [-0.39, 0.29) is 0 Å². The first-order chi connectivity index (χ1) is 6.58. The lowest BCUT2D eigenvalue weighted by molar-refractivity contribution is -0.121. The molecule has 0 aliphatic heterocycles. The molecule has 14 heavy (non-hydrogen) atoms. The molecule has 0 radical (unpaired) electrons. The van der Waals surface area contributed by atoms with E-state index in [0.29, 0.717) is 17.6 Å². The van der Waals surface area contributed by atoms with Crippen LogP contribution in [-0.4, -0.2) is 5.78 Å². The van der Waals surface area contributed by atoms with Crippen molar-refractivity contribution in [2.45, 2.75) is 59.3 Å². The summed E-state index contributed by atoms with van der Waals surface area (Å²) in [4.78, 5) is 11.6. The van der Waals surface area contributed by atoms with Gasteiger partial charge in [0.2, 0.25) is 0 Å². The number of ketones is 1. The fraction of sp³-hybridized carbons (Fsp3) is 0.923. The van der Waals surface area contributed by atoms with E-state index < -0.39 is 0 Å². The molecule has 0 aromatic carbocycles. The van der Waals surface area contributed by atoms with Crippen LogP contribution >= 0.6 is 0 Å². The highest BCUT2D eigenvalue weighted by Gasteiger charge is 2.21. The predicted octanol–water partition coefficient (Wildman–Crippen LogP) is 3.82. The van der Waals surface area contributed by atoms with Crippen molar-refractivity contribution in [2.24, 2.45) is 17.8 Å². The molecular weight excluding hydrogens is 172 g/mol. The molecular formula is C13H24O. The van der Waals surface area contributed by atoms with Crippen LogP contribution in [0.15, 0.2) is 0 Å². The van der Waals surface area contributed by atoms with Gasteiger partial charge < -0.3 is 0 Å². The van der Waals surface area contributed by atoms with Crippen LogP contribution in [0.2, 0.25) is 0 Å². The SMILES string of the molecule is CC(C)CC(=O)CC1CCCC(C)C1. The summed E-state index contributed by atoms with van der Waals surface area (Å²) in [6.07, 6.45) is 6.90. The molecule has 82 valence electrons. The van der Waals surface area contributed by atoms with Crippen LogP contribution < -0.4 is 0 Å². The number of Topliss-reactive ketones (excluding diaryl/α,β-unsaturated/α-hetero) is 1. The Balaban J connectivity index is 2.25. The average molecular weight is 196 g/mol. The van der Waals surface area contributed by atoms with Crippen molar-refractivity contribution in [2.75, 3.05) is 0 Å². The van der Waals surface area contributed by atoms with E-state index in [4.69, 9.17) is 0 Å². The molecule has 1 aliphatic carbocycles. The summed E-state index contributed by atoms with van der Waals surface area (Å²) < 4.78 is 0. The van der Waals surface area contributed by atoms with Gasteiger partial charge in [-0.1, -0.05) is 40.0 Å². The van der Waals surface area contributed by atoms with E-state index >= 15 is 0 Å². The maximum absolute atomic E-state index is 11.6. The highest BCUT2D eigenvalue weighted by molar-refractivity contribution is 5.78. The van der Waals surface area contributed by atoms with Crippen LogP contribution in [0.25, 0.3) is 0 Å². The zero-order chi connectivity index (χ0) is 10.6. The van der Waals surface area contributed by atoms with E-state index in [1.165, 1.54) is 25.7 Å². The van der Waals surface area contributed by atoms with Crippen molar-refractivity contribution < 1.29 is 4.79 Å². The quantitative estimate of drug-likeness (QED) is 0.668. The summed E-state index contributed by atoms with van der Waals surface area (Å²) in [6, 6.07) is 0. The van der Waals surface area contributed by atoms with Crippen molar-refractivity contribution in [3.8, 4) is 0 Å². The van der Waals surface area contributed by atoms with Gasteiger partial charge >= 0.3 is 0 Å². The summed E-state index contributed by atoms with van der Waals surface area (Å²) in [5.41, 5.74) is 0. The third kappa shape index (κ3) is 4.26. The van der Waals surface area contributed by atoms with Gasteiger partial charge in [0.15, 0.2) is 0 Å². The van der Waals surface area contributed by atoms with Gasteiger partial charge in [-0.3, -0.25) is 4.79 Å². The van der Waals surface area contributed by atoms with Gasteiger partial charge in [0.1, 0.15) is 5.78 Å². The first kappa shape index (κ1) is 11.7. The van der Waals surface area contributed by atoms with Crippen molar-refractivity contribution in [1.29, 1.82) is 0 Å². The number of hydrogen-bond acceptors (Lipinski definition) is 1. The van der Waals surface area contributed by atoms with Gasteiger partial charge in [-0.05, 0) is 24.2 Å². The molecule has 0 bridgehead atoms. The summed E-state index contributed by atoms with van der Waals surface area (Å²) >= 11 is 0. The lowest BCUT2D eigenvalue weighted by Crippen LogP contribution is -2.17. The minimum absolute atomic E-state index is 0.485. The van der Waals surface area contributed by atoms with Gasteiger partial charge in [-0.15, -0.1) is 0 Å². The molecule has 1 aliphatic rings. The smallest absolute Gasteiger partial charge is 0.133 e. The summed E-state index contributed by atoms with van der Waals surface area (Å²) in [7, 11) is 0. The minimum atomic E-state index is 0.485. The highest BCUT2D eigenvalue weighted by Crippen LogP contribution is 2.31. The van der Waals surface area contributed by atoms with E-state index in [1.54, 1.807) is 0 Å². The van der Waals surface area contributed by atoms with E-state index in [2.05, 4.69) is 20.8 Å². The third-order valence-corrected chi connectivity index (χ3v) is 3.20. The van der Waals surface area contributed by atoms with Crippen LogP contribution in [0.5, 0.6) is 0 Å². The van der Waals surface area contributed by atoms with Crippen molar-refractivity contribution >= 4 is 5.78 Å². The molecule has 2 atom stereocenters. The first-order valence-corrected chi connectivity index (χ1v) is 6.09. The second kappa shape index (κ2) is 5.53. The Hall–Kier alpha value is -0.330. The number of hydrogen-bond donors (Lipinski definition) is 0. The molecule has 0 heterocycles. The Labute approximate surface area is 88.3 Å². The van der Waals surface area contributed by atoms with Gasteiger partial charge in [-0.2, -0.15) is 0 Å². The van der Waals surface area contributed by atoms with Gasteiger partial charge in [0, 0.05) is 12.8 Å². The van der Waals surface area contributed by atoms with E-state index in [0.717, 1.165) is 18.8 Å². The molecule has 1 heteroatoms. The molecule has 1 saturated carbocycles. The van der Waals surface area contributed by atoms with Crippen LogP contribution in [-0.2, 0) is 4.79 Å². The Bertz CT molecular complexity index is 184.